The van der Waals surface area contributed by atoms with Crippen LogP contribution in [0.25, 0.3) is 0 Å². The van der Waals surface area contributed by atoms with Gasteiger partial charge in [-0.1, -0.05) is 41.9 Å². The molecule has 0 radical (unpaired) electrons. The first-order chi connectivity index (χ1) is 9.08. The molecule has 0 aliphatic heterocycles. The Hall–Kier alpha value is -2.00. The Labute approximate surface area is 117 Å². The molecular weight excluding hydrogens is 260 g/mol. The molecule has 0 saturated heterocycles. The molecule has 0 aliphatic carbocycles. The number of rotatable bonds is 3. The van der Waals surface area contributed by atoms with E-state index in [0.29, 0.717) is 16.3 Å². The number of amides is 1. The van der Waals surface area contributed by atoms with E-state index in [1.165, 1.54) is 0 Å². The van der Waals surface area contributed by atoms with E-state index in [-0.39, 0.29) is 11.9 Å². The van der Waals surface area contributed by atoms with Gasteiger partial charge in [-0.15, -0.1) is 0 Å². The van der Waals surface area contributed by atoms with E-state index in [9.17, 15) is 4.79 Å². The average Bonchev–Trinajstić information content (AvgIpc) is 2.39. The van der Waals surface area contributed by atoms with Gasteiger partial charge in [0.25, 0.3) is 5.91 Å². The molecule has 0 saturated carbocycles. The maximum Gasteiger partial charge on any atom is 0.253 e. The molecule has 19 heavy (non-hydrogen) atoms. The summed E-state index contributed by atoms with van der Waals surface area (Å²) in [6, 6.07) is 14.5. The van der Waals surface area contributed by atoms with Gasteiger partial charge in [0, 0.05) is 10.7 Å². The maximum atomic E-state index is 12.1. The molecule has 3 N–H and O–H groups in total. The molecule has 4 heteroatoms. The summed E-state index contributed by atoms with van der Waals surface area (Å²) in [6.45, 7) is 1.93. The van der Waals surface area contributed by atoms with Gasteiger partial charge < -0.3 is 11.1 Å². The van der Waals surface area contributed by atoms with Crippen LogP contribution in [0, 0.1) is 0 Å². The summed E-state index contributed by atoms with van der Waals surface area (Å²) in [6.07, 6.45) is 0. The van der Waals surface area contributed by atoms with Crippen LogP contribution in [0.3, 0.4) is 0 Å². The van der Waals surface area contributed by atoms with Crippen molar-refractivity contribution < 1.29 is 4.79 Å². The highest BCUT2D eigenvalue weighted by molar-refractivity contribution is 6.31. The minimum atomic E-state index is -0.203. The van der Waals surface area contributed by atoms with Crippen LogP contribution in [0.2, 0.25) is 5.02 Å². The van der Waals surface area contributed by atoms with Crippen LogP contribution in [0.5, 0.6) is 0 Å². The quantitative estimate of drug-likeness (QED) is 0.843. The van der Waals surface area contributed by atoms with Gasteiger partial charge in [-0.2, -0.15) is 0 Å². The average molecular weight is 275 g/mol. The van der Waals surface area contributed by atoms with Crippen molar-refractivity contribution >= 4 is 23.2 Å². The molecular formula is C15H15ClN2O. The minimum absolute atomic E-state index is 0.0798. The number of carbonyl (C=O) groups excluding carboxylic acids is 1. The number of carbonyl (C=O) groups is 1. The third kappa shape index (κ3) is 3.26. The third-order valence-electron chi connectivity index (χ3n) is 2.91. The van der Waals surface area contributed by atoms with E-state index >= 15 is 0 Å². The highest BCUT2D eigenvalue weighted by Gasteiger charge is 2.13. The van der Waals surface area contributed by atoms with Crippen molar-refractivity contribution in [1.29, 1.82) is 0 Å². The Balaban J connectivity index is 2.13. The Morgan fingerprint density at radius 1 is 1.21 bits per heavy atom. The molecule has 2 aromatic carbocycles. The molecule has 0 aromatic heterocycles. The van der Waals surface area contributed by atoms with E-state index in [0.717, 1.165) is 5.56 Å². The molecule has 2 aromatic rings. The van der Waals surface area contributed by atoms with Gasteiger partial charge in [-0.05, 0) is 30.7 Å². The van der Waals surface area contributed by atoms with Crippen LogP contribution in [-0.4, -0.2) is 5.91 Å². The standard InChI is InChI=1S/C15H15ClN2O/c1-10(11-5-3-2-4-6-11)18-15(19)13-8-7-12(16)9-14(13)17/h2-10H,17H2,1H3,(H,18,19)/t10-/m1/s1. The second-order valence-corrected chi connectivity index (χ2v) is 4.77. The largest absolute Gasteiger partial charge is 0.398 e. The first-order valence-electron chi connectivity index (χ1n) is 5.99. The van der Waals surface area contributed by atoms with Gasteiger partial charge in [0.05, 0.1) is 11.6 Å². The molecule has 0 heterocycles. The zero-order valence-electron chi connectivity index (χ0n) is 10.6. The molecule has 1 amide bonds. The summed E-state index contributed by atoms with van der Waals surface area (Å²) in [5.74, 6) is -0.203. The lowest BCUT2D eigenvalue weighted by molar-refractivity contribution is 0.0941. The Bertz CT molecular complexity index is 584. The first-order valence-corrected chi connectivity index (χ1v) is 6.36. The summed E-state index contributed by atoms with van der Waals surface area (Å²) < 4.78 is 0. The smallest absolute Gasteiger partial charge is 0.253 e. The van der Waals surface area contributed by atoms with Gasteiger partial charge in [0.2, 0.25) is 0 Å². The molecule has 0 spiro atoms. The number of halogens is 1. The van der Waals surface area contributed by atoms with Crippen molar-refractivity contribution in [2.45, 2.75) is 13.0 Å². The van der Waals surface area contributed by atoms with Crippen molar-refractivity contribution in [3.8, 4) is 0 Å². The summed E-state index contributed by atoms with van der Waals surface area (Å²) in [5, 5.41) is 3.43. The van der Waals surface area contributed by atoms with Crippen LogP contribution < -0.4 is 11.1 Å². The molecule has 3 nitrogen and oxygen atoms in total. The topological polar surface area (TPSA) is 55.1 Å². The van der Waals surface area contributed by atoms with Crippen molar-refractivity contribution in [1.82, 2.24) is 5.32 Å². The molecule has 2 rings (SSSR count). The van der Waals surface area contributed by atoms with Crippen LogP contribution in [-0.2, 0) is 0 Å². The van der Waals surface area contributed by atoms with E-state index in [1.807, 2.05) is 37.3 Å². The monoisotopic (exact) mass is 274 g/mol. The van der Waals surface area contributed by atoms with Crippen molar-refractivity contribution in [3.05, 3.63) is 64.7 Å². The fourth-order valence-electron chi connectivity index (χ4n) is 1.84. The Kier molecular flexibility index (Phi) is 4.07. The predicted molar refractivity (Wildman–Crippen MR) is 78.2 cm³/mol. The number of hydrogen-bond acceptors (Lipinski definition) is 2. The van der Waals surface area contributed by atoms with Crippen LogP contribution in [0.1, 0.15) is 28.9 Å². The molecule has 0 bridgehead atoms. The normalized spacial score (nSPS) is 11.9. The number of hydrogen-bond donors (Lipinski definition) is 2. The molecule has 0 unspecified atom stereocenters. The fraction of sp³-hybridized carbons (Fsp3) is 0.133. The summed E-state index contributed by atoms with van der Waals surface area (Å²) in [4.78, 5) is 12.1. The second-order valence-electron chi connectivity index (χ2n) is 4.34. The third-order valence-corrected chi connectivity index (χ3v) is 3.14. The van der Waals surface area contributed by atoms with Crippen molar-refractivity contribution in [2.24, 2.45) is 0 Å². The number of nitrogens with two attached hydrogens (primary N) is 1. The number of nitrogen functional groups attached to an aromatic ring is 1. The fourth-order valence-corrected chi connectivity index (χ4v) is 2.02. The molecule has 1 atom stereocenters. The van der Waals surface area contributed by atoms with E-state index in [1.54, 1.807) is 18.2 Å². The lowest BCUT2D eigenvalue weighted by Gasteiger charge is -2.15. The highest BCUT2D eigenvalue weighted by Crippen LogP contribution is 2.19. The summed E-state index contributed by atoms with van der Waals surface area (Å²) in [7, 11) is 0. The SMILES string of the molecule is C[C@@H](NC(=O)c1ccc(Cl)cc1N)c1ccccc1. The molecule has 98 valence electrons. The van der Waals surface area contributed by atoms with Gasteiger partial charge in [-0.25, -0.2) is 0 Å². The lowest BCUT2D eigenvalue weighted by atomic mass is 10.1. The van der Waals surface area contributed by atoms with Gasteiger partial charge in [0.1, 0.15) is 0 Å². The number of nitrogens with one attached hydrogen (secondary N) is 1. The maximum absolute atomic E-state index is 12.1. The zero-order chi connectivity index (χ0) is 13.8. The molecule has 0 aliphatic rings. The van der Waals surface area contributed by atoms with E-state index in [4.69, 9.17) is 17.3 Å². The van der Waals surface area contributed by atoms with E-state index in [2.05, 4.69) is 5.32 Å². The van der Waals surface area contributed by atoms with Gasteiger partial charge >= 0.3 is 0 Å². The zero-order valence-corrected chi connectivity index (χ0v) is 11.3. The van der Waals surface area contributed by atoms with Crippen LogP contribution in [0.15, 0.2) is 48.5 Å². The van der Waals surface area contributed by atoms with Gasteiger partial charge in [-0.3, -0.25) is 4.79 Å². The van der Waals surface area contributed by atoms with Crippen molar-refractivity contribution in [3.63, 3.8) is 0 Å². The van der Waals surface area contributed by atoms with Crippen LogP contribution >= 0.6 is 11.6 Å². The minimum Gasteiger partial charge on any atom is -0.398 e. The number of anilines is 1. The highest BCUT2D eigenvalue weighted by atomic mass is 35.5. The molecule has 0 fully saturated rings. The Morgan fingerprint density at radius 2 is 1.89 bits per heavy atom. The van der Waals surface area contributed by atoms with Crippen molar-refractivity contribution in [2.75, 3.05) is 5.73 Å². The summed E-state index contributed by atoms with van der Waals surface area (Å²) >= 11 is 5.81. The predicted octanol–water partition coefficient (Wildman–Crippen LogP) is 3.41. The van der Waals surface area contributed by atoms with Gasteiger partial charge in [0.15, 0.2) is 0 Å². The number of benzene rings is 2. The lowest BCUT2D eigenvalue weighted by Crippen LogP contribution is -2.27. The van der Waals surface area contributed by atoms with E-state index < -0.39 is 0 Å². The summed E-state index contributed by atoms with van der Waals surface area (Å²) in [5.41, 5.74) is 7.65. The first kappa shape index (κ1) is 13.4. The Morgan fingerprint density at radius 3 is 2.53 bits per heavy atom. The second kappa shape index (κ2) is 5.76. The van der Waals surface area contributed by atoms with Crippen LogP contribution in [0.4, 0.5) is 5.69 Å².